The Balaban J connectivity index is 2.00. The lowest BCUT2D eigenvalue weighted by atomic mass is 9.87. The van der Waals surface area contributed by atoms with Crippen molar-refractivity contribution in [1.29, 1.82) is 0 Å². The van der Waals surface area contributed by atoms with Gasteiger partial charge in [0.1, 0.15) is 0 Å². The number of carbonyl (C=O) groups is 1. The molecule has 114 valence electrons. The van der Waals surface area contributed by atoms with Gasteiger partial charge in [0.25, 0.3) is 0 Å². The first-order valence-electron chi connectivity index (χ1n) is 7.20. The molecule has 2 rings (SSSR count). The summed E-state index contributed by atoms with van der Waals surface area (Å²) in [7, 11) is 0. The monoisotopic (exact) mass is 357 g/mol. The van der Waals surface area contributed by atoms with Crippen LogP contribution >= 0.6 is 15.9 Å². The SMILES string of the molecule is CC(C)(C)c1ccc(NC(=O)/C=C/c2cccc(Br)c2)cc1. The van der Waals surface area contributed by atoms with Gasteiger partial charge in [0.15, 0.2) is 0 Å². The first kappa shape index (κ1) is 16.5. The van der Waals surface area contributed by atoms with Crippen LogP contribution in [0.4, 0.5) is 5.69 Å². The highest BCUT2D eigenvalue weighted by atomic mass is 79.9. The molecule has 2 nitrogen and oxygen atoms in total. The Morgan fingerprint density at radius 1 is 1.09 bits per heavy atom. The first-order valence-corrected chi connectivity index (χ1v) is 7.99. The molecule has 0 bridgehead atoms. The molecule has 22 heavy (non-hydrogen) atoms. The molecule has 0 radical (unpaired) electrons. The Kier molecular flexibility index (Phi) is 5.19. The number of benzene rings is 2. The van der Waals surface area contributed by atoms with Gasteiger partial charge in [0, 0.05) is 16.2 Å². The van der Waals surface area contributed by atoms with Crippen molar-refractivity contribution in [2.45, 2.75) is 26.2 Å². The molecule has 0 aliphatic carbocycles. The topological polar surface area (TPSA) is 29.1 Å². The number of anilines is 1. The van der Waals surface area contributed by atoms with E-state index in [9.17, 15) is 4.79 Å². The molecular formula is C19H20BrNO. The van der Waals surface area contributed by atoms with Crippen LogP contribution in [0.15, 0.2) is 59.1 Å². The molecule has 0 aromatic heterocycles. The molecule has 0 aliphatic rings. The molecule has 2 aromatic rings. The number of halogens is 1. The van der Waals surface area contributed by atoms with E-state index in [0.717, 1.165) is 15.7 Å². The van der Waals surface area contributed by atoms with Gasteiger partial charge in [0.05, 0.1) is 0 Å². The van der Waals surface area contributed by atoms with Crippen molar-refractivity contribution in [1.82, 2.24) is 0 Å². The van der Waals surface area contributed by atoms with Crippen molar-refractivity contribution in [3.8, 4) is 0 Å². The zero-order chi connectivity index (χ0) is 16.2. The van der Waals surface area contributed by atoms with E-state index in [-0.39, 0.29) is 11.3 Å². The fourth-order valence-corrected chi connectivity index (χ4v) is 2.44. The maximum atomic E-state index is 11.9. The number of nitrogens with one attached hydrogen (secondary N) is 1. The minimum Gasteiger partial charge on any atom is -0.323 e. The molecule has 2 aromatic carbocycles. The molecule has 0 aliphatic heterocycles. The molecule has 0 spiro atoms. The summed E-state index contributed by atoms with van der Waals surface area (Å²) >= 11 is 3.41. The maximum Gasteiger partial charge on any atom is 0.248 e. The number of hydrogen-bond acceptors (Lipinski definition) is 1. The molecule has 0 saturated carbocycles. The molecule has 1 amide bonds. The van der Waals surface area contributed by atoms with E-state index in [4.69, 9.17) is 0 Å². The maximum absolute atomic E-state index is 11.9. The molecule has 0 heterocycles. The second kappa shape index (κ2) is 6.93. The standard InChI is InChI=1S/C19H20BrNO/c1-19(2,3)15-8-10-17(11-9-15)21-18(22)12-7-14-5-4-6-16(20)13-14/h4-13H,1-3H3,(H,21,22)/b12-7+. The predicted molar refractivity (Wildman–Crippen MR) is 96.9 cm³/mol. The Morgan fingerprint density at radius 3 is 2.36 bits per heavy atom. The van der Waals surface area contributed by atoms with Crippen molar-refractivity contribution < 1.29 is 4.79 Å². The number of hydrogen-bond donors (Lipinski definition) is 1. The van der Waals surface area contributed by atoms with Gasteiger partial charge >= 0.3 is 0 Å². The molecule has 1 N–H and O–H groups in total. The van der Waals surface area contributed by atoms with Crippen LogP contribution in [0, 0.1) is 0 Å². The summed E-state index contributed by atoms with van der Waals surface area (Å²) in [4.78, 5) is 11.9. The van der Waals surface area contributed by atoms with E-state index in [2.05, 4.69) is 42.0 Å². The average Bonchev–Trinajstić information content (AvgIpc) is 2.45. The number of rotatable bonds is 3. The number of carbonyl (C=O) groups excluding carboxylic acids is 1. The van der Waals surface area contributed by atoms with E-state index >= 15 is 0 Å². The molecule has 3 heteroatoms. The van der Waals surface area contributed by atoms with Crippen molar-refractivity contribution in [3.63, 3.8) is 0 Å². The average molecular weight is 358 g/mol. The molecular weight excluding hydrogens is 338 g/mol. The van der Waals surface area contributed by atoms with Gasteiger partial charge in [-0.3, -0.25) is 4.79 Å². The largest absolute Gasteiger partial charge is 0.323 e. The zero-order valence-corrected chi connectivity index (χ0v) is 14.6. The smallest absolute Gasteiger partial charge is 0.248 e. The van der Waals surface area contributed by atoms with Gasteiger partial charge in [-0.2, -0.15) is 0 Å². The highest BCUT2D eigenvalue weighted by Gasteiger charge is 2.12. The minimum atomic E-state index is -0.136. The third kappa shape index (κ3) is 4.85. The van der Waals surface area contributed by atoms with Crippen molar-refractivity contribution in [3.05, 3.63) is 70.2 Å². The van der Waals surface area contributed by atoms with Crippen molar-refractivity contribution >= 4 is 33.6 Å². The summed E-state index contributed by atoms with van der Waals surface area (Å²) in [5, 5.41) is 2.87. The minimum absolute atomic E-state index is 0.114. The lowest BCUT2D eigenvalue weighted by molar-refractivity contribution is -0.111. The normalized spacial score (nSPS) is 11.6. The van der Waals surface area contributed by atoms with Crippen LogP contribution < -0.4 is 5.32 Å². The summed E-state index contributed by atoms with van der Waals surface area (Å²) < 4.78 is 0.993. The Bertz CT molecular complexity index is 681. The quantitative estimate of drug-likeness (QED) is 0.732. The highest BCUT2D eigenvalue weighted by Crippen LogP contribution is 2.23. The van der Waals surface area contributed by atoms with E-state index in [0.29, 0.717) is 0 Å². The van der Waals surface area contributed by atoms with E-state index < -0.39 is 0 Å². The molecule has 0 saturated heterocycles. The van der Waals surface area contributed by atoms with Crippen LogP contribution in [-0.2, 0) is 10.2 Å². The second-order valence-electron chi connectivity index (χ2n) is 6.20. The second-order valence-corrected chi connectivity index (χ2v) is 7.12. The molecule has 0 fully saturated rings. The van der Waals surface area contributed by atoms with Crippen LogP contribution in [0.2, 0.25) is 0 Å². The number of amides is 1. The van der Waals surface area contributed by atoms with Crippen molar-refractivity contribution in [2.75, 3.05) is 5.32 Å². The van der Waals surface area contributed by atoms with Crippen LogP contribution in [0.3, 0.4) is 0 Å². The van der Waals surface area contributed by atoms with Gasteiger partial charge in [-0.05, 0) is 46.9 Å². The fourth-order valence-electron chi connectivity index (χ4n) is 2.02. The summed E-state index contributed by atoms with van der Waals surface area (Å²) in [6.07, 6.45) is 3.34. The predicted octanol–water partition coefficient (Wildman–Crippen LogP) is 5.40. The van der Waals surface area contributed by atoms with Crippen LogP contribution in [0.5, 0.6) is 0 Å². The lowest BCUT2D eigenvalue weighted by Gasteiger charge is -2.19. The summed E-state index contributed by atoms with van der Waals surface area (Å²) in [5.74, 6) is -0.136. The zero-order valence-electron chi connectivity index (χ0n) is 13.1. The summed E-state index contributed by atoms with van der Waals surface area (Å²) in [6.45, 7) is 6.50. The van der Waals surface area contributed by atoms with E-state index in [1.54, 1.807) is 12.2 Å². The van der Waals surface area contributed by atoms with Crippen LogP contribution in [-0.4, -0.2) is 5.91 Å². The van der Waals surface area contributed by atoms with E-state index in [1.165, 1.54) is 5.56 Å². The van der Waals surface area contributed by atoms with Gasteiger partial charge in [0.2, 0.25) is 5.91 Å². The Hall–Kier alpha value is -1.87. The molecule has 0 unspecified atom stereocenters. The van der Waals surface area contributed by atoms with Gasteiger partial charge < -0.3 is 5.32 Å². The highest BCUT2D eigenvalue weighted by molar-refractivity contribution is 9.10. The fraction of sp³-hybridized carbons (Fsp3) is 0.211. The van der Waals surface area contributed by atoms with Crippen molar-refractivity contribution in [2.24, 2.45) is 0 Å². The van der Waals surface area contributed by atoms with Gasteiger partial charge in [-0.1, -0.05) is 61.0 Å². The van der Waals surface area contributed by atoms with Gasteiger partial charge in [-0.15, -0.1) is 0 Å². The van der Waals surface area contributed by atoms with Crippen LogP contribution in [0.1, 0.15) is 31.9 Å². The Labute approximate surface area is 140 Å². The van der Waals surface area contributed by atoms with Gasteiger partial charge in [-0.25, -0.2) is 0 Å². The molecule has 0 atom stereocenters. The van der Waals surface area contributed by atoms with E-state index in [1.807, 2.05) is 48.5 Å². The Morgan fingerprint density at radius 2 is 1.77 bits per heavy atom. The summed E-state index contributed by atoms with van der Waals surface area (Å²) in [6, 6.07) is 15.8. The van der Waals surface area contributed by atoms with Crippen LogP contribution in [0.25, 0.3) is 6.08 Å². The third-order valence-electron chi connectivity index (χ3n) is 3.29. The first-order chi connectivity index (χ1) is 10.3. The lowest BCUT2D eigenvalue weighted by Crippen LogP contribution is -2.12. The summed E-state index contributed by atoms with van der Waals surface area (Å²) in [5.41, 5.74) is 3.14. The third-order valence-corrected chi connectivity index (χ3v) is 3.79.